The molecular formula is C21H21N3O5. The fourth-order valence-electron chi connectivity index (χ4n) is 3.83. The molecule has 5 rings (SSSR count). The first-order valence-electron chi connectivity index (χ1n) is 9.50. The van der Waals surface area contributed by atoms with Crippen LogP contribution in [0.25, 0.3) is 5.65 Å². The van der Waals surface area contributed by atoms with Crippen LogP contribution in [0.15, 0.2) is 48.7 Å². The minimum Gasteiger partial charge on any atom is -0.367 e. The van der Waals surface area contributed by atoms with E-state index in [1.165, 1.54) is 0 Å². The van der Waals surface area contributed by atoms with E-state index in [4.69, 9.17) is 18.9 Å². The Morgan fingerprint density at radius 3 is 2.79 bits per heavy atom. The molecule has 29 heavy (non-hydrogen) atoms. The first-order chi connectivity index (χ1) is 14.0. The van der Waals surface area contributed by atoms with Crippen molar-refractivity contribution >= 4 is 11.9 Å². The lowest BCUT2D eigenvalue weighted by Crippen LogP contribution is -2.34. The topological polar surface area (TPSA) is 84.2 Å². The third kappa shape index (κ3) is 3.34. The van der Waals surface area contributed by atoms with Crippen LogP contribution in [0.4, 0.5) is 0 Å². The minimum absolute atomic E-state index is 0.389. The molecule has 2 aliphatic rings. The number of aldehydes is 1. The van der Waals surface area contributed by atoms with Gasteiger partial charge in [0, 0.05) is 11.8 Å². The highest BCUT2D eigenvalue weighted by atomic mass is 16.8. The molecule has 150 valence electrons. The van der Waals surface area contributed by atoms with E-state index >= 15 is 0 Å². The molecule has 2 aliphatic heterocycles. The standard InChI is InChI=1S/C21H21N3O5/c1-21(2)28-18-16(26-12-13-6-4-3-5-7-13)17(27-20(18)29-21)19-23-22-15-10-14(11-25)8-9-24(15)19/h3-11,16-18,20H,12H2,1-2H3/t16-,17-,18+,20+/m0/s1. The molecule has 4 heterocycles. The summed E-state index contributed by atoms with van der Waals surface area (Å²) >= 11 is 0. The normalized spacial score (nSPS) is 27.9. The van der Waals surface area contributed by atoms with E-state index in [-0.39, 0.29) is 6.10 Å². The van der Waals surface area contributed by atoms with Crippen molar-refractivity contribution in [2.24, 2.45) is 0 Å². The van der Waals surface area contributed by atoms with Gasteiger partial charge in [0.25, 0.3) is 0 Å². The summed E-state index contributed by atoms with van der Waals surface area (Å²) in [5.74, 6) is -0.171. The third-order valence-corrected chi connectivity index (χ3v) is 5.13. The van der Waals surface area contributed by atoms with Gasteiger partial charge < -0.3 is 18.9 Å². The van der Waals surface area contributed by atoms with Crippen molar-refractivity contribution in [3.8, 4) is 0 Å². The van der Waals surface area contributed by atoms with Crippen molar-refractivity contribution in [2.45, 2.75) is 50.8 Å². The number of carbonyl (C=O) groups excluding carboxylic acids is 1. The van der Waals surface area contributed by atoms with Crippen LogP contribution >= 0.6 is 0 Å². The maximum atomic E-state index is 11.0. The molecule has 0 amide bonds. The largest absolute Gasteiger partial charge is 0.367 e. The van der Waals surface area contributed by atoms with Crippen LogP contribution in [0.5, 0.6) is 0 Å². The molecule has 2 fully saturated rings. The molecule has 0 aliphatic carbocycles. The summed E-state index contributed by atoms with van der Waals surface area (Å²) in [7, 11) is 0. The molecule has 0 N–H and O–H groups in total. The quantitative estimate of drug-likeness (QED) is 0.614. The number of benzene rings is 1. The van der Waals surface area contributed by atoms with Gasteiger partial charge in [-0.25, -0.2) is 0 Å². The molecule has 4 atom stereocenters. The smallest absolute Gasteiger partial charge is 0.190 e. The summed E-state index contributed by atoms with van der Waals surface area (Å²) in [6.07, 6.45) is 0.631. The van der Waals surface area contributed by atoms with Crippen LogP contribution in [-0.2, 0) is 25.6 Å². The van der Waals surface area contributed by atoms with Gasteiger partial charge in [-0.2, -0.15) is 0 Å². The lowest BCUT2D eigenvalue weighted by molar-refractivity contribution is -0.221. The highest BCUT2D eigenvalue weighted by Crippen LogP contribution is 2.44. The van der Waals surface area contributed by atoms with Gasteiger partial charge >= 0.3 is 0 Å². The summed E-state index contributed by atoms with van der Waals surface area (Å²) in [6.45, 7) is 4.11. The zero-order chi connectivity index (χ0) is 20.0. The fraction of sp³-hybridized carbons (Fsp3) is 0.381. The van der Waals surface area contributed by atoms with Gasteiger partial charge in [-0.05, 0) is 31.5 Å². The van der Waals surface area contributed by atoms with Crippen LogP contribution in [0.2, 0.25) is 0 Å². The Kier molecular flexibility index (Phi) is 4.44. The number of hydrogen-bond acceptors (Lipinski definition) is 7. The second-order valence-corrected chi connectivity index (χ2v) is 7.65. The molecular weight excluding hydrogens is 374 g/mol. The number of fused-ring (bicyclic) bond motifs is 2. The van der Waals surface area contributed by atoms with Crippen molar-refractivity contribution in [2.75, 3.05) is 0 Å². The van der Waals surface area contributed by atoms with Gasteiger partial charge in [-0.15, -0.1) is 10.2 Å². The molecule has 2 saturated heterocycles. The molecule has 8 heteroatoms. The molecule has 2 aromatic heterocycles. The molecule has 0 radical (unpaired) electrons. The number of ether oxygens (including phenoxy) is 4. The van der Waals surface area contributed by atoms with E-state index in [1.807, 2.05) is 44.2 Å². The first kappa shape index (κ1) is 18.4. The van der Waals surface area contributed by atoms with Gasteiger partial charge in [0.2, 0.25) is 0 Å². The Hall–Kier alpha value is -2.65. The Labute approximate surface area is 167 Å². The molecule has 0 bridgehead atoms. The van der Waals surface area contributed by atoms with E-state index in [2.05, 4.69) is 10.2 Å². The number of aromatic nitrogens is 3. The monoisotopic (exact) mass is 395 g/mol. The second kappa shape index (κ2) is 7.00. The maximum absolute atomic E-state index is 11.0. The summed E-state index contributed by atoms with van der Waals surface area (Å²) in [5, 5.41) is 8.49. The zero-order valence-corrected chi connectivity index (χ0v) is 16.1. The van der Waals surface area contributed by atoms with Crippen LogP contribution < -0.4 is 0 Å². The van der Waals surface area contributed by atoms with Crippen LogP contribution in [-0.4, -0.2) is 45.2 Å². The Balaban J connectivity index is 1.47. The van der Waals surface area contributed by atoms with Crippen molar-refractivity contribution in [1.29, 1.82) is 0 Å². The lowest BCUT2D eigenvalue weighted by Gasteiger charge is -2.25. The van der Waals surface area contributed by atoms with E-state index in [0.717, 1.165) is 11.8 Å². The summed E-state index contributed by atoms with van der Waals surface area (Å²) in [6, 6.07) is 13.3. The summed E-state index contributed by atoms with van der Waals surface area (Å²) in [4.78, 5) is 11.0. The third-order valence-electron chi connectivity index (χ3n) is 5.13. The maximum Gasteiger partial charge on any atom is 0.190 e. The zero-order valence-electron chi connectivity index (χ0n) is 16.1. The van der Waals surface area contributed by atoms with Gasteiger partial charge in [0.1, 0.15) is 24.6 Å². The predicted octanol–water partition coefficient (Wildman–Crippen LogP) is 2.68. The van der Waals surface area contributed by atoms with Gasteiger partial charge in [-0.1, -0.05) is 30.3 Å². The number of carbonyl (C=O) groups is 1. The van der Waals surface area contributed by atoms with Crippen molar-refractivity contribution in [3.05, 3.63) is 65.6 Å². The molecule has 8 nitrogen and oxygen atoms in total. The predicted molar refractivity (Wildman–Crippen MR) is 101 cm³/mol. The van der Waals surface area contributed by atoms with Gasteiger partial charge in [-0.3, -0.25) is 9.20 Å². The van der Waals surface area contributed by atoms with E-state index < -0.39 is 24.3 Å². The number of nitrogens with zero attached hydrogens (tertiary/aromatic N) is 3. The first-order valence-corrected chi connectivity index (χ1v) is 9.50. The van der Waals surface area contributed by atoms with Crippen molar-refractivity contribution in [1.82, 2.24) is 14.6 Å². The molecule has 3 aromatic rings. The number of hydrogen-bond donors (Lipinski definition) is 0. The van der Waals surface area contributed by atoms with Crippen LogP contribution in [0, 0.1) is 0 Å². The molecule has 1 aromatic carbocycles. The molecule has 0 unspecified atom stereocenters. The average Bonchev–Trinajstić information content (AvgIpc) is 3.36. The number of pyridine rings is 1. The van der Waals surface area contributed by atoms with Crippen molar-refractivity contribution in [3.63, 3.8) is 0 Å². The van der Waals surface area contributed by atoms with E-state index in [1.54, 1.807) is 22.7 Å². The van der Waals surface area contributed by atoms with Crippen LogP contribution in [0.3, 0.4) is 0 Å². The van der Waals surface area contributed by atoms with Crippen LogP contribution in [0.1, 0.15) is 41.7 Å². The molecule has 0 saturated carbocycles. The lowest BCUT2D eigenvalue weighted by atomic mass is 10.1. The summed E-state index contributed by atoms with van der Waals surface area (Å²) in [5.41, 5.74) is 2.15. The minimum atomic E-state index is -0.750. The highest BCUT2D eigenvalue weighted by Gasteiger charge is 2.57. The van der Waals surface area contributed by atoms with Crippen molar-refractivity contribution < 1.29 is 23.7 Å². The molecule has 0 spiro atoms. The summed E-state index contributed by atoms with van der Waals surface area (Å²) < 4.78 is 26.2. The average molecular weight is 395 g/mol. The second-order valence-electron chi connectivity index (χ2n) is 7.65. The van der Waals surface area contributed by atoms with E-state index in [0.29, 0.717) is 23.6 Å². The Morgan fingerprint density at radius 1 is 1.17 bits per heavy atom. The Morgan fingerprint density at radius 2 is 2.00 bits per heavy atom. The van der Waals surface area contributed by atoms with E-state index in [9.17, 15) is 4.79 Å². The fourth-order valence-corrected chi connectivity index (χ4v) is 3.83. The van der Waals surface area contributed by atoms with Gasteiger partial charge in [0.05, 0.1) is 6.61 Å². The van der Waals surface area contributed by atoms with Gasteiger partial charge in [0.15, 0.2) is 23.5 Å². The Bertz CT molecular complexity index is 1040. The number of rotatable bonds is 5. The highest BCUT2D eigenvalue weighted by molar-refractivity contribution is 5.76. The SMILES string of the molecule is CC1(C)O[C@H]2O[C@H](c3nnc4cc(C=O)ccn34)[C@H](OCc3ccccc3)[C@H]2O1.